The summed E-state index contributed by atoms with van der Waals surface area (Å²) in [5.41, 5.74) is 1.03. The molecule has 0 amide bonds. The maximum atomic E-state index is 12.6. The monoisotopic (exact) mass is 438 g/mol. The molecule has 10 heteroatoms. The molecule has 160 valence electrons. The number of nitrogens with one attached hydrogen (secondary N) is 2. The van der Waals surface area contributed by atoms with E-state index in [9.17, 15) is 18.5 Å². The van der Waals surface area contributed by atoms with Gasteiger partial charge in [-0.3, -0.25) is 9.48 Å². The second kappa shape index (κ2) is 7.51. The normalized spacial score (nSPS) is 17.8. The Morgan fingerprint density at radius 2 is 1.97 bits per heavy atom. The van der Waals surface area contributed by atoms with Crippen LogP contribution in [0.2, 0.25) is 0 Å². The second-order valence-corrected chi connectivity index (χ2v) is 9.97. The van der Waals surface area contributed by atoms with E-state index >= 15 is 0 Å². The first-order chi connectivity index (χ1) is 15.0. The van der Waals surface area contributed by atoms with Crippen LogP contribution in [-0.4, -0.2) is 40.6 Å². The van der Waals surface area contributed by atoms with E-state index in [4.69, 9.17) is 0 Å². The summed E-state index contributed by atoms with van der Waals surface area (Å²) >= 11 is 0. The molecule has 1 unspecified atom stereocenters. The summed E-state index contributed by atoms with van der Waals surface area (Å²) in [6.45, 7) is 1.11. The summed E-state index contributed by atoms with van der Waals surface area (Å²) in [5, 5.41) is 17.5. The lowest BCUT2D eigenvalue weighted by Crippen LogP contribution is -2.41. The largest absolute Gasteiger partial charge is 0.338 e. The molecule has 31 heavy (non-hydrogen) atoms. The van der Waals surface area contributed by atoms with Crippen LogP contribution in [0, 0.1) is 17.2 Å². The Morgan fingerprint density at radius 3 is 2.58 bits per heavy atom. The van der Waals surface area contributed by atoms with Crippen molar-refractivity contribution in [2.75, 3.05) is 18.4 Å². The molecule has 0 bridgehead atoms. The number of fused-ring (bicyclic) bond motifs is 1. The van der Waals surface area contributed by atoms with Crippen LogP contribution in [-0.2, 0) is 10.0 Å². The highest BCUT2D eigenvalue weighted by Crippen LogP contribution is 2.43. The van der Waals surface area contributed by atoms with Gasteiger partial charge < -0.3 is 10.3 Å². The van der Waals surface area contributed by atoms with E-state index in [-0.39, 0.29) is 16.5 Å². The lowest BCUT2D eigenvalue weighted by atomic mass is 10.1. The minimum Gasteiger partial charge on any atom is -0.338 e. The van der Waals surface area contributed by atoms with Crippen LogP contribution in [0.5, 0.6) is 0 Å². The van der Waals surface area contributed by atoms with Crippen molar-refractivity contribution in [3.05, 3.63) is 46.9 Å². The standard InChI is InChI=1S/C21H22N6O3S/c22-10-8-17(14-2-3-14)27-18-9-11-23-21(28)19(18)20(25-27)24-15-4-6-16(7-5-15)31(29,30)26-12-1-13-26/h4-7,9,11,14,17H,1-3,8,12-13H2,(H,23,28)(H,24,25). The SMILES string of the molecule is N#CCC(C1CC1)n1nc(Nc2ccc(S(=O)(=O)N3CCC3)cc2)c2c(=O)[nH]ccc21. The van der Waals surface area contributed by atoms with E-state index in [1.165, 1.54) is 4.31 Å². The molecule has 1 aromatic carbocycles. The molecule has 5 rings (SSSR count). The number of hydrogen-bond donors (Lipinski definition) is 2. The van der Waals surface area contributed by atoms with Gasteiger partial charge in [-0.15, -0.1) is 0 Å². The van der Waals surface area contributed by atoms with Crippen molar-refractivity contribution in [1.82, 2.24) is 19.1 Å². The van der Waals surface area contributed by atoms with Gasteiger partial charge in [0.1, 0.15) is 5.39 Å². The van der Waals surface area contributed by atoms with Gasteiger partial charge in [-0.25, -0.2) is 8.42 Å². The van der Waals surface area contributed by atoms with Crippen molar-refractivity contribution >= 4 is 32.4 Å². The third kappa shape index (κ3) is 3.49. The van der Waals surface area contributed by atoms with E-state index in [0.29, 0.717) is 47.8 Å². The maximum absolute atomic E-state index is 12.6. The predicted molar refractivity (Wildman–Crippen MR) is 115 cm³/mol. The number of anilines is 2. The topological polar surface area (TPSA) is 124 Å². The molecule has 2 aliphatic rings. The van der Waals surface area contributed by atoms with Crippen molar-refractivity contribution in [2.24, 2.45) is 5.92 Å². The number of nitrogens with zero attached hydrogens (tertiary/aromatic N) is 4. The first-order valence-corrected chi connectivity index (χ1v) is 11.8. The zero-order valence-electron chi connectivity index (χ0n) is 16.8. The third-order valence-corrected chi connectivity index (χ3v) is 7.89. The molecule has 9 nitrogen and oxygen atoms in total. The highest BCUT2D eigenvalue weighted by atomic mass is 32.2. The number of nitriles is 1. The summed E-state index contributed by atoms with van der Waals surface area (Å²) in [7, 11) is -3.45. The molecule has 0 radical (unpaired) electrons. The molecule has 2 aromatic heterocycles. The summed E-state index contributed by atoms with van der Waals surface area (Å²) in [5.74, 6) is 0.777. The van der Waals surface area contributed by atoms with Crippen LogP contribution in [0.15, 0.2) is 46.2 Å². The van der Waals surface area contributed by atoms with Gasteiger partial charge in [0.15, 0.2) is 5.82 Å². The fourth-order valence-corrected chi connectivity index (χ4v) is 5.51. The second-order valence-electron chi connectivity index (χ2n) is 8.03. The Hall–Kier alpha value is -3.16. The third-order valence-electron chi connectivity index (χ3n) is 5.98. The Labute approximate surface area is 179 Å². The van der Waals surface area contributed by atoms with Crippen molar-refractivity contribution < 1.29 is 8.42 Å². The molecule has 3 aromatic rings. The first-order valence-electron chi connectivity index (χ1n) is 10.3. The molecule has 2 fully saturated rings. The van der Waals surface area contributed by atoms with E-state index < -0.39 is 10.0 Å². The molecule has 1 saturated carbocycles. The Kier molecular flexibility index (Phi) is 4.79. The highest BCUT2D eigenvalue weighted by molar-refractivity contribution is 7.89. The van der Waals surface area contributed by atoms with E-state index in [2.05, 4.69) is 21.5 Å². The average molecular weight is 439 g/mol. The fourth-order valence-electron chi connectivity index (χ4n) is 3.99. The summed E-state index contributed by atoms with van der Waals surface area (Å²) in [6.07, 6.45) is 4.89. The minimum atomic E-state index is -3.45. The average Bonchev–Trinajstić information content (AvgIpc) is 3.47. The number of aromatic amines is 1. The van der Waals surface area contributed by atoms with Crippen molar-refractivity contribution in [3.63, 3.8) is 0 Å². The predicted octanol–water partition coefficient (Wildman–Crippen LogP) is 2.73. The van der Waals surface area contributed by atoms with Crippen LogP contribution < -0.4 is 10.9 Å². The fraction of sp³-hybridized carbons (Fsp3) is 0.381. The molecule has 1 saturated heterocycles. The minimum absolute atomic E-state index is 0.0751. The number of sulfonamides is 1. The number of H-pyrrole nitrogens is 1. The van der Waals surface area contributed by atoms with Gasteiger partial charge in [-0.1, -0.05) is 0 Å². The van der Waals surface area contributed by atoms with Crippen LogP contribution in [0.3, 0.4) is 0 Å². The molecule has 2 N–H and O–H groups in total. The van der Waals surface area contributed by atoms with E-state index in [1.807, 2.05) is 0 Å². The Morgan fingerprint density at radius 1 is 1.23 bits per heavy atom. The summed E-state index contributed by atoms with van der Waals surface area (Å²) in [4.78, 5) is 15.5. The lowest BCUT2D eigenvalue weighted by molar-refractivity contribution is 0.309. The molecule has 1 aliphatic carbocycles. The molecule has 1 aliphatic heterocycles. The smallest absolute Gasteiger partial charge is 0.261 e. The quantitative estimate of drug-likeness (QED) is 0.584. The van der Waals surface area contributed by atoms with Gasteiger partial charge in [0.05, 0.1) is 28.9 Å². The number of rotatable bonds is 7. The summed E-state index contributed by atoms with van der Waals surface area (Å²) in [6, 6.07) is 10.4. The van der Waals surface area contributed by atoms with Crippen LogP contribution >= 0.6 is 0 Å². The van der Waals surface area contributed by atoms with Crippen LogP contribution in [0.4, 0.5) is 11.5 Å². The van der Waals surface area contributed by atoms with Crippen LogP contribution in [0.1, 0.15) is 31.7 Å². The number of benzene rings is 1. The van der Waals surface area contributed by atoms with Gasteiger partial charge in [0, 0.05) is 25.0 Å². The summed E-state index contributed by atoms with van der Waals surface area (Å²) < 4.78 is 28.3. The Balaban J connectivity index is 1.49. The molecule has 1 atom stereocenters. The van der Waals surface area contributed by atoms with Gasteiger partial charge in [0.2, 0.25) is 10.0 Å². The van der Waals surface area contributed by atoms with Crippen molar-refractivity contribution in [2.45, 2.75) is 36.6 Å². The zero-order valence-corrected chi connectivity index (χ0v) is 17.6. The highest BCUT2D eigenvalue weighted by Gasteiger charge is 2.34. The maximum Gasteiger partial charge on any atom is 0.261 e. The van der Waals surface area contributed by atoms with Crippen molar-refractivity contribution in [3.8, 4) is 6.07 Å². The van der Waals surface area contributed by atoms with Crippen molar-refractivity contribution in [1.29, 1.82) is 5.26 Å². The molecular weight excluding hydrogens is 416 g/mol. The lowest BCUT2D eigenvalue weighted by Gasteiger charge is -2.29. The molecule has 3 heterocycles. The van der Waals surface area contributed by atoms with E-state index in [1.54, 1.807) is 41.2 Å². The number of pyridine rings is 1. The van der Waals surface area contributed by atoms with Gasteiger partial charge >= 0.3 is 0 Å². The number of aromatic nitrogens is 3. The van der Waals surface area contributed by atoms with Crippen LogP contribution in [0.25, 0.3) is 10.9 Å². The molecular formula is C21H22N6O3S. The van der Waals surface area contributed by atoms with Gasteiger partial charge in [-0.2, -0.15) is 14.7 Å². The van der Waals surface area contributed by atoms with Gasteiger partial charge in [0.25, 0.3) is 5.56 Å². The van der Waals surface area contributed by atoms with E-state index in [0.717, 1.165) is 19.3 Å². The zero-order chi connectivity index (χ0) is 21.6. The molecule has 0 spiro atoms. The number of hydrogen-bond acceptors (Lipinski definition) is 6. The first kappa shape index (κ1) is 19.8. The van der Waals surface area contributed by atoms with Gasteiger partial charge in [-0.05, 0) is 55.5 Å². The Bertz CT molecular complexity index is 1330.